The second-order valence-electron chi connectivity index (χ2n) is 6.17. The van der Waals surface area contributed by atoms with E-state index >= 15 is 0 Å². The number of thiazole rings is 1. The molecule has 0 saturated heterocycles. The maximum Gasteiger partial charge on any atom is 0.205 e. The Morgan fingerprint density at radius 2 is 2.00 bits per heavy atom. The van der Waals surface area contributed by atoms with Crippen molar-refractivity contribution in [2.24, 2.45) is 0 Å². The Morgan fingerprint density at radius 1 is 1.25 bits per heavy atom. The molecule has 110 valence electrons. The number of nitrogens with zero attached hydrogens (tertiary/aromatic N) is 3. The average Bonchev–Trinajstić information content (AvgIpc) is 2.96. The molecular weight excluding hydrogens is 288 g/mol. The Labute approximate surface area is 128 Å². The highest BCUT2D eigenvalue weighted by atomic mass is 32.1. The summed E-state index contributed by atoms with van der Waals surface area (Å²) in [6.07, 6.45) is 0.920. The molecule has 0 unspecified atom stereocenters. The SMILES string of the molecule is CC(C)c1nnc(NCCc2csc(C(C)(C)C)n2)s1. The number of anilines is 1. The molecule has 0 bridgehead atoms. The minimum atomic E-state index is 0.141. The van der Waals surface area contributed by atoms with E-state index in [1.165, 1.54) is 5.01 Å². The van der Waals surface area contributed by atoms with Gasteiger partial charge < -0.3 is 5.32 Å². The normalized spacial score (nSPS) is 12.1. The van der Waals surface area contributed by atoms with Crippen LogP contribution < -0.4 is 5.32 Å². The zero-order valence-corrected chi connectivity index (χ0v) is 14.4. The van der Waals surface area contributed by atoms with Gasteiger partial charge >= 0.3 is 0 Å². The molecule has 0 aliphatic rings. The average molecular weight is 310 g/mol. The summed E-state index contributed by atoms with van der Waals surface area (Å²) in [5.74, 6) is 0.441. The van der Waals surface area contributed by atoms with Crippen molar-refractivity contribution in [1.29, 1.82) is 0 Å². The van der Waals surface area contributed by atoms with Crippen molar-refractivity contribution >= 4 is 27.8 Å². The number of aromatic nitrogens is 3. The maximum absolute atomic E-state index is 4.69. The first-order chi connectivity index (χ1) is 9.36. The number of hydrogen-bond acceptors (Lipinski definition) is 6. The summed E-state index contributed by atoms with van der Waals surface area (Å²) in [7, 11) is 0. The molecule has 0 radical (unpaired) electrons. The summed E-state index contributed by atoms with van der Waals surface area (Å²) in [5.41, 5.74) is 1.29. The van der Waals surface area contributed by atoms with Gasteiger partial charge in [0.25, 0.3) is 0 Å². The molecule has 0 saturated carbocycles. The summed E-state index contributed by atoms with van der Waals surface area (Å²) in [6.45, 7) is 11.7. The Hall–Kier alpha value is -1.01. The standard InChI is InChI=1S/C14H22N4S2/c1-9(2)11-17-18-13(20-11)15-7-6-10-8-19-12(16-10)14(3,4)5/h8-9H,6-7H2,1-5H3,(H,15,18). The fourth-order valence-corrected chi connectivity index (χ4v) is 3.32. The molecule has 1 N–H and O–H groups in total. The minimum Gasteiger partial charge on any atom is -0.360 e. The van der Waals surface area contributed by atoms with E-state index in [0.29, 0.717) is 5.92 Å². The van der Waals surface area contributed by atoms with E-state index in [1.54, 1.807) is 22.7 Å². The lowest BCUT2D eigenvalue weighted by atomic mass is 9.98. The van der Waals surface area contributed by atoms with E-state index in [4.69, 9.17) is 4.98 Å². The number of nitrogens with one attached hydrogen (secondary N) is 1. The van der Waals surface area contributed by atoms with Crippen LogP contribution in [0.4, 0.5) is 5.13 Å². The highest BCUT2D eigenvalue weighted by Crippen LogP contribution is 2.26. The van der Waals surface area contributed by atoms with Crippen LogP contribution in [0, 0.1) is 0 Å². The molecule has 0 aliphatic carbocycles. The monoisotopic (exact) mass is 310 g/mol. The summed E-state index contributed by atoms with van der Waals surface area (Å²) < 4.78 is 0. The van der Waals surface area contributed by atoms with E-state index in [0.717, 1.165) is 28.8 Å². The fraction of sp³-hybridized carbons (Fsp3) is 0.643. The second-order valence-corrected chi connectivity index (χ2v) is 8.04. The Morgan fingerprint density at radius 3 is 2.55 bits per heavy atom. The Kier molecular flexibility index (Phi) is 4.75. The first-order valence-electron chi connectivity index (χ1n) is 6.88. The van der Waals surface area contributed by atoms with Gasteiger partial charge in [-0.3, -0.25) is 0 Å². The van der Waals surface area contributed by atoms with Gasteiger partial charge in [0.05, 0.1) is 10.7 Å². The third kappa shape index (κ3) is 3.99. The fourth-order valence-electron chi connectivity index (χ4n) is 1.60. The van der Waals surface area contributed by atoms with Crippen LogP contribution in [0.1, 0.15) is 56.2 Å². The molecule has 2 rings (SSSR count). The molecule has 0 aliphatic heterocycles. The van der Waals surface area contributed by atoms with Crippen molar-refractivity contribution in [3.05, 3.63) is 21.1 Å². The van der Waals surface area contributed by atoms with Gasteiger partial charge in [-0.2, -0.15) is 0 Å². The van der Waals surface area contributed by atoms with Gasteiger partial charge in [0.15, 0.2) is 0 Å². The van der Waals surface area contributed by atoms with Crippen molar-refractivity contribution in [3.8, 4) is 0 Å². The predicted octanol–water partition coefficient (Wildman–Crippen LogP) is 4.07. The molecule has 2 aromatic rings. The molecule has 4 nitrogen and oxygen atoms in total. The van der Waals surface area contributed by atoms with Gasteiger partial charge in [0.2, 0.25) is 5.13 Å². The summed E-state index contributed by atoms with van der Waals surface area (Å²) in [5, 5.41) is 17.0. The van der Waals surface area contributed by atoms with Gasteiger partial charge in [-0.25, -0.2) is 4.98 Å². The van der Waals surface area contributed by atoms with Crippen LogP contribution in [0.2, 0.25) is 0 Å². The Bertz CT molecular complexity index is 552. The summed E-state index contributed by atoms with van der Waals surface area (Å²) in [4.78, 5) is 4.69. The van der Waals surface area contributed by atoms with E-state index in [1.807, 2.05) is 0 Å². The van der Waals surface area contributed by atoms with Crippen LogP contribution in [-0.4, -0.2) is 21.7 Å². The van der Waals surface area contributed by atoms with Crippen molar-refractivity contribution in [2.45, 2.75) is 52.4 Å². The zero-order valence-electron chi connectivity index (χ0n) is 12.7. The molecule has 0 aromatic carbocycles. The van der Waals surface area contributed by atoms with E-state index in [2.05, 4.69) is 55.5 Å². The first-order valence-corrected chi connectivity index (χ1v) is 8.58. The van der Waals surface area contributed by atoms with Crippen LogP contribution >= 0.6 is 22.7 Å². The van der Waals surface area contributed by atoms with Gasteiger partial charge in [0, 0.05) is 29.7 Å². The first kappa shape index (κ1) is 15.4. The Balaban J connectivity index is 1.85. The highest BCUT2D eigenvalue weighted by molar-refractivity contribution is 7.15. The van der Waals surface area contributed by atoms with Crippen LogP contribution in [0.3, 0.4) is 0 Å². The number of rotatable bonds is 5. The van der Waals surface area contributed by atoms with Gasteiger partial charge in [-0.1, -0.05) is 46.0 Å². The van der Waals surface area contributed by atoms with Crippen LogP contribution in [-0.2, 0) is 11.8 Å². The van der Waals surface area contributed by atoms with Gasteiger partial charge in [-0.05, 0) is 0 Å². The van der Waals surface area contributed by atoms with Crippen molar-refractivity contribution in [2.75, 3.05) is 11.9 Å². The van der Waals surface area contributed by atoms with Crippen LogP contribution in [0.25, 0.3) is 0 Å². The molecule has 0 fully saturated rings. The quantitative estimate of drug-likeness (QED) is 0.904. The number of hydrogen-bond donors (Lipinski definition) is 1. The molecular formula is C14H22N4S2. The van der Waals surface area contributed by atoms with Crippen LogP contribution in [0.5, 0.6) is 0 Å². The molecule has 0 spiro atoms. The summed E-state index contributed by atoms with van der Waals surface area (Å²) >= 11 is 3.38. The lowest BCUT2D eigenvalue weighted by Gasteiger charge is -2.13. The van der Waals surface area contributed by atoms with E-state index in [-0.39, 0.29) is 5.41 Å². The summed E-state index contributed by atoms with van der Waals surface area (Å²) in [6, 6.07) is 0. The minimum absolute atomic E-state index is 0.141. The van der Waals surface area contributed by atoms with Gasteiger partial charge in [0.1, 0.15) is 5.01 Å². The highest BCUT2D eigenvalue weighted by Gasteiger charge is 2.17. The third-order valence-electron chi connectivity index (χ3n) is 2.79. The smallest absolute Gasteiger partial charge is 0.205 e. The predicted molar refractivity (Wildman–Crippen MR) is 87.0 cm³/mol. The molecule has 6 heteroatoms. The topological polar surface area (TPSA) is 50.7 Å². The maximum atomic E-state index is 4.69. The largest absolute Gasteiger partial charge is 0.360 e. The second kappa shape index (κ2) is 6.18. The van der Waals surface area contributed by atoms with E-state index in [9.17, 15) is 0 Å². The lowest BCUT2D eigenvalue weighted by molar-refractivity contribution is 0.583. The lowest BCUT2D eigenvalue weighted by Crippen LogP contribution is -2.11. The molecule has 2 heterocycles. The zero-order chi connectivity index (χ0) is 14.8. The van der Waals surface area contributed by atoms with Crippen molar-refractivity contribution in [3.63, 3.8) is 0 Å². The third-order valence-corrected chi connectivity index (χ3v) is 5.28. The molecule has 0 atom stereocenters. The van der Waals surface area contributed by atoms with Gasteiger partial charge in [-0.15, -0.1) is 21.5 Å². The van der Waals surface area contributed by atoms with Crippen molar-refractivity contribution in [1.82, 2.24) is 15.2 Å². The molecule has 2 aromatic heterocycles. The van der Waals surface area contributed by atoms with E-state index < -0.39 is 0 Å². The van der Waals surface area contributed by atoms with Crippen LogP contribution in [0.15, 0.2) is 5.38 Å². The molecule has 20 heavy (non-hydrogen) atoms. The van der Waals surface area contributed by atoms with Crippen molar-refractivity contribution < 1.29 is 0 Å². The molecule has 0 amide bonds.